The molecule has 280 valence electrons. The van der Waals surface area contributed by atoms with E-state index in [1.807, 2.05) is 48.1 Å². The van der Waals surface area contributed by atoms with Crippen LogP contribution in [0.25, 0.3) is 11.1 Å². The van der Waals surface area contributed by atoms with E-state index in [-0.39, 0.29) is 40.7 Å². The SMILES string of the molecule is C[n+]1cc(-c2ccc3c(c2)OC[C@@H](CO/N=C(\C(=O)N[C@@H]2C(=O)N(OS(=O)(=O)OC(=O)C(F)(F)F)C2(C)C)c2csc(N)n2)C3)ccc1NCCN. The maximum Gasteiger partial charge on any atom is 0.492 e. The lowest BCUT2D eigenvalue weighted by molar-refractivity contribution is -0.656. The van der Waals surface area contributed by atoms with Gasteiger partial charge in [-0.15, -0.1) is 15.6 Å². The highest BCUT2D eigenvalue weighted by Gasteiger charge is 2.59. The Bertz CT molecular complexity index is 2010. The molecule has 0 saturated carbocycles. The molecule has 52 heavy (non-hydrogen) atoms. The van der Waals surface area contributed by atoms with Crippen LogP contribution in [0.15, 0.2) is 47.1 Å². The van der Waals surface area contributed by atoms with Crippen LogP contribution in [0.2, 0.25) is 0 Å². The Kier molecular flexibility index (Phi) is 10.9. The molecule has 2 atom stereocenters. The van der Waals surface area contributed by atoms with Gasteiger partial charge in [0.15, 0.2) is 10.8 Å². The van der Waals surface area contributed by atoms with Crippen LogP contribution in [0.4, 0.5) is 24.1 Å². The molecule has 2 aliphatic heterocycles. The van der Waals surface area contributed by atoms with Crippen molar-refractivity contribution < 1.29 is 58.6 Å². The van der Waals surface area contributed by atoms with Crippen LogP contribution in [0.3, 0.4) is 0 Å². The number of carbonyl (C=O) groups is 3. The monoisotopic (exact) mass is 771 g/mol. The molecule has 2 aliphatic rings. The number of rotatable bonds is 13. The van der Waals surface area contributed by atoms with Gasteiger partial charge in [-0.05, 0) is 43.5 Å². The molecule has 1 aromatic carbocycles. The summed E-state index contributed by atoms with van der Waals surface area (Å²) in [7, 11) is -3.72. The molecule has 5 rings (SSSR count). The molecule has 17 nitrogen and oxygen atoms in total. The first-order valence-corrected chi connectivity index (χ1v) is 17.6. The van der Waals surface area contributed by atoms with Crippen molar-refractivity contribution in [2.45, 2.75) is 38.0 Å². The van der Waals surface area contributed by atoms with Gasteiger partial charge in [-0.3, -0.25) is 14.9 Å². The van der Waals surface area contributed by atoms with E-state index in [2.05, 4.69) is 29.2 Å². The Morgan fingerprint density at radius 3 is 2.60 bits per heavy atom. The number of anilines is 2. The molecule has 0 aliphatic carbocycles. The number of oxime groups is 1. The molecule has 1 saturated heterocycles. The number of pyridine rings is 1. The Morgan fingerprint density at radius 1 is 1.23 bits per heavy atom. The van der Waals surface area contributed by atoms with Crippen molar-refractivity contribution in [2.75, 3.05) is 37.4 Å². The van der Waals surface area contributed by atoms with Gasteiger partial charge >= 0.3 is 22.5 Å². The molecule has 6 N–H and O–H groups in total. The van der Waals surface area contributed by atoms with E-state index in [1.54, 1.807) is 0 Å². The van der Waals surface area contributed by atoms with Crippen LogP contribution < -0.4 is 31.4 Å². The Morgan fingerprint density at radius 2 is 1.96 bits per heavy atom. The van der Waals surface area contributed by atoms with Crippen molar-refractivity contribution in [3.8, 4) is 16.9 Å². The van der Waals surface area contributed by atoms with E-state index in [0.717, 1.165) is 39.6 Å². The number of hydrogen-bond acceptors (Lipinski definition) is 15. The summed E-state index contributed by atoms with van der Waals surface area (Å²) in [6.45, 7) is 3.94. The van der Waals surface area contributed by atoms with E-state index in [0.29, 0.717) is 19.5 Å². The largest absolute Gasteiger partial charge is 0.493 e. The number of carbonyl (C=O) groups excluding carboxylic acids is 3. The molecule has 4 heterocycles. The molecule has 0 bridgehead atoms. The lowest BCUT2D eigenvalue weighted by atomic mass is 9.84. The van der Waals surface area contributed by atoms with E-state index in [9.17, 15) is 36.0 Å². The van der Waals surface area contributed by atoms with Crippen molar-refractivity contribution in [2.24, 2.45) is 23.9 Å². The Labute approximate surface area is 298 Å². The molecule has 0 radical (unpaired) electrons. The summed E-state index contributed by atoms with van der Waals surface area (Å²) in [6, 6.07) is 8.42. The highest BCUT2D eigenvalue weighted by Crippen LogP contribution is 2.35. The fourth-order valence-electron chi connectivity index (χ4n) is 5.26. The number of nitrogens with zero attached hydrogens (tertiary/aromatic N) is 4. The molecule has 22 heteroatoms. The van der Waals surface area contributed by atoms with Crippen molar-refractivity contribution in [3.63, 3.8) is 0 Å². The van der Waals surface area contributed by atoms with Gasteiger partial charge < -0.3 is 30.5 Å². The summed E-state index contributed by atoms with van der Waals surface area (Å²) < 4.78 is 76.8. The van der Waals surface area contributed by atoms with E-state index < -0.39 is 45.9 Å². The second-order valence-electron chi connectivity index (χ2n) is 12.2. The first kappa shape index (κ1) is 38.2. The molecule has 2 aromatic heterocycles. The minimum atomic E-state index is -5.66. The third-order valence-electron chi connectivity index (χ3n) is 7.94. The number of β-lactam (4-membered cyclic amide) rings is 1. The van der Waals surface area contributed by atoms with Crippen LogP contribution in [-0.4, -0.2) is 86.0 Å². The standard InChI is InChI=1S/C30H33F3N8O9S2/c1-29(2)24(26(43)41(29)50-52(45,46)49-27(44)30(31,32)33)38-25(42)23(20-15-51-28(35)37-20)39-48-14-16-10-18-5-4-17(11-21(18)47-13-16)19-6-7-22(36-9-8-34)40(3)12-19/h4-7,11-12,15-16,24H,8-10,13-14,34H2,1-3H3,(H3,35,37,38,42)/p+1/b39-23-/t16-,24+/m0/s1. The highest BCUT2D eigenvalue weighted by atomic mass is 32.3. The third-order valence-corrected chi connectivity index (χ3v) is 9.30. The van der Waals surface area contributed by atoms with E-state index in [4.69, 9.17) is 21.0 Å². The van der Waals surface area contributed by atoms with Gasteiger partial charge in [-0.2, -0.15) is 26.7 Å². The summed E-state index contributed by atoms with van der Waals surface area (Å²) in [5, 5.41) is 11.3. The Hall–Kier alpha value is -5.06. The summed E-state index contributed by atoms with van der Waals surface area (Å²) in [4.78, 5) is 46.7. The predicted octanol–water partition coefficient (Wildman–Crippen LogP) is 0.947. The number of amides is 2. The van der Waals surface area contributed by atoms with Gasteiger partial charge in [0.1, 0.15) is 24.1 Å². The highest BCUT2D eigenvalue weighted by molar-refractivity contribution is 7.82. The van der Waals surface area contributed by atoms with Crippen LogP contribution in [0.1, 0.15) is 25.1 Å². The van der Waals surface area contributed by atoms with Crippen LogP contribution in [0.5, 0.6) is 5.75 Å². The minimum absolute atomic E-state index is 0.00805. The topological polar surface area (TPSA) is 231 Å². The van der Waals surface area contributed by atoms with Crippen LogP contribution in [-0.2, 0) is 51.6 Å². The first-order valence-electron chi connectivity index (χ1n) is 15.4. The molecular formula is C30H34F3N8O9S2+. The maximum absolute atomic E-state index is 13.4. The third kappa shape index (κ3) is 8.52. The molecule has 0 spiro atoms. The minimum Gasteiger partial charge on any atom is -0.493 e. The van der Waals surface area contributed by atoms with Gasteiger partial charge in [0.2, 0.25) is 0 Å². The average molecular weight is 772 g/mol. The Balaban J connectivity index is 1.22. The number of aryl methyl sites for hydroxylation is 1. The van der Waals surface area contributed by atoms with Gasteiger partial charge in [-0.25, -0.2) is 14.3 Å². The van der Waals surface area contributed by atoms with Gasteiger partial charge in [0.25, 0.3) is 17.6 Å². The van der Waals surface area contributed by atoms with Gasteiger partial charge in [0.05, 0.1) is 31.9 Å². The number of ether oxygens (including phenoxy) is 1. The summed E-state index contributed by atoms with van der Waals surface area (Å²) in [5.41, 5.74) is 12.2. The summed E-state index contributed by atoms with van der Waals surface area (Å²) in [6.07, 6.45) is -3.07. The smallest absolute Gasteiger partial charge is 0.492 e. The number of aromatic nitrogens is 2. The van der Waals surface area contributed by atoms with Crippen molar-refractivity contribution in [3.05, 3.63) is 53.2 Å². The zero-order valence-electron chi connectivity index (χ0n) is 27.8. The summed E-state index contributed by atoms with van der Waals surface area (Å²) >= 11 is 0.998. The zero-order chi connectivity index (χ0) is 38.0. The normalized spacial score (nSPS) is 18.5. The van der Waals surface area contributed by atoms with E-state index in [1.165, 1.54) is 19.2 Å². The number of nitrogen functional groups attached to an aromatic ring is 1. The second kappa shape index (κ2) is 14.9. The van der Waals surface area contributed by atoms with Crippen molar-refractivity contribution in [1.29, 1.82) is 0 Å². The van der Waals surface area contributed by atoms with E-state index >= 15 is 0 Å². The van der Waals surface area contributed by atoms with Crippen molar-refractivity contribution >= 4 is 56.2 Å². The number of hydroxylamine groups is 2. The maximum atomic E-state index is 13.4. The number of halogens is 3. The average Bonchev–Trinajstić information content (AvgIpc) is 3.51. The molecule has 1 fully saturated rings. The van der Waals surface area contributed by atoms with Crippen LogP contribution in [0, 0.1) is 5.92 Å². The number of thiazole rings is 1. The van der Waals surface area contributed by atoms with Crippen LogP contribution >= 0.6 is 11.3 Å². The number of nitrogens with two attached hydrogens (primary N) is 2. The lowest BCUT2D eigenvalue weighted by Gasteiger charge is -2.50. The molecular weight excluding hydrogens is 738 g/mol. The number of fused-ring (bicyclic) bond motifs is 1. The molecule has 2 amide bonds. The summed E-state index contributed by atoms with van der Waals surface area (Å²) in [5.74, 6) is -3.75. The van der Waals surface area contributed by atoms with Gasteiger partial charge in [-0.1, -0.05) is 17.3 Å². The predicted molar refractivity (Wildman–Crippen MR) is 177 cm³/mol. The van der Waals surface area contributed by atoms with Crippen molar-refractivity contribution in [1.82, 2.24) is 15.4 Å². The molecule has 3 aromatic rings. The fourth-order valence-corrected chi connectivity index (χ4v) is 6.57. The zero-order valence-corrected chi connectivity index (χ0v) is 29.4. The number of nitrogens with one attached hydrogen (secondary N) is 2. The molecule has 0 unspecified atom stereocenters. The number of alkyl halides is 3. The second-order valence-corrected chi connectivity index (χ2v) is 14.2. The van der Waals surface area contributed by atoms with Gasteiger partial charge in [0, 0.05) is 29.5 Å². The number of hydrogen-bond donors (Lipinski definition) is 4. The quantitative estimate of drug-likeness (QED) is 0.0822. The fraction of sp³-hybridized carbons (Fsp3) is 0.400. The lowest BCUT2D eigenvalue weighted by Crippen LogP contribution is -2.77. The first-order chi connectivity index (χ1) is 24.4. The number of benzene rings is 1.